The fourth-order valence-corrected chi connectivity index (χ4v) is 4.68. The Bertz CT molecular complexity index is 1350. The molecule has 7 nitrogen and oxygen atoms in total. The first-order chi connectivity index (χ1) is 15.5. The number of benzene rings is 1. The zero-order chi connectivity index (χ0) is 22.2. The van der Waals surface area contributed by atoms with E-state index in [2.05, 4.69) is 25.5 Å². The van der Waals surface area contributed by atoms with Crippen LogP contribution >= 0.6 is 0 Å². The smallest absolute Gasteiger partial charge is 0.258 e. The molecule has 4 aromatic rings. The van der Waals surface area contributed by atoms with E-state index in [9.17, 15) is 4.79 Å². The van der Waals surface area contributed by atoms with Gasteiger partial charge in [0.25, 0.3) is 5.56 Å². The molecular weight excluding hydrogens is 400 g/mol. The van der Waals surface area contributed by atoms with Gasteiger partial charge in [-0.1, -0.05) is 25.3 Å². The molecule has 3 aromatic heterocycles. The minimum atomic E-state index is -0.0254. The lowest BCUT2D eigenvalue weighted by atomic mass is 9.89. The molecular formula is C25H28N6O. The second-order valence-electron chi connectivity index (χ2n) is 8.86. The van der Waals surface area contributed by atoms with E-state index in [1.165, 1.54) is 32.1 Å². The Kier molecular flexibility index (Phi) is 5.25. The Balaban J connectivity index is 1.48. The number of hydrogen-bond donors (Lipinski definition) is 2. The molecule has 0 aliphatic heterocycles. The second-order valence-corrected chi connectivity index (χ2v) is 8.86. The Morgan fingerprint density at radius 3 is 2.66 bits per heavy atom. The number of aromatic amines is 1. The molecule has 164 valence electrons. The number of aryl methyl sites for hydroxylation is 3. The molecule has 1 aliphatic carbocycles. The molecule has 1 fully saturated rings. The summed E-state index contributed by atoms with van der Waals surface area (Å²) in [5, 5.41) is 12.9. The van der Waals surface area contributed by atoms with Gasteiger partial charge in [-0.3, -0.25) is 9.78 Å². The maximum Gasteiger partial charge on any atom is 0.258 e. The Hall–Kier alpha value is -3.48. The summed E-state index contributed by atoms with van der Waals surface area (Å²) in [5.41, 5.74) is 5.20. The van der Waals surface area contributed by atoms with E-state index in [4.69, 9.17) is 0 Å². The number of rotatable bonds is 4. The molecule has 2 N–H and O–H groups in total. The number of anilines is 2. The molecule has 0 unspecified atom stereocenters. The predicted octanol–water partition coefficient (Wildman–Crippen LogP) is 5.13. The number of pyridine rings is 2. The molecule has 0 radical (unpaired) electrons. The van der Waals surface area contributed by atoms with Crippen molar-refractivity contribution < 1.29 is 0 Å². The fourth-order valence-electron chi connectivity index (χ4n) is 4.68. The van der Waals surface area contributed by atoms with Gasteiger partial charge in [0.2, 0.25) is 5.95 Å². The summed E-state index contributed by atoms with van der Waals surface area (Å²) in [6.07, 6.45) is 7.99. The van der Waals surface area contributed by atoms with Crippen molar-refractivity contribution in [2.24, 2.45) is 7.05 Å². The lowest BCUT2D eigenvalue weighted by Crippen LogP contribution is -2.19. The van der Waals surface area contributed by atoms with Crippen molar-refractivity contribution in [2.75, 3.05) is 5.32 Å². The van der Waals surface area contributed by atoms with Crippen LogP contribution in [0.5, 0.6) is 0 Å². The summed E-state index contributed by atoms with van der Waals surface area (Å²) in [7, 11) is 1.81. The molecule has 1 aliphatic rings. The SMILES string of the molecule is Cc1cc2c(cn1)cc(-c1cc(Nc3nnc(C4CCCCC4)[nH]3)ccc1C)c(=O)n2C. The van der Waals surface area contributed by atoms with Crippen molar-refractivity contribution in [2.45, 2.75) is 51.9 Å². The number of nitrogens with zero attached hydrogens (tertiary/aromatic N) is 4. The molecule has 0 atom stereocenters. The zero-order valence-electron chi connectivity index (χ0n) is 18.8. The van der Waals surface area contributed by atoms with Crippen LogP contribution in [0.25, 0.3) is 22.0 Å². The fraction of sp³-hybridized carbons (Fsp3) is 0.360. The van der Waals surface area contributed by atoms with E-state index in [0.717, 1.165) is 39.2 Å². The van der Waals surface area contributed by atoms with E-state index in [-0.39, 0.29) is 5.56 Å². The first-order valence-electron chi connectivity index (χ1n) is 11.3. The molecule has 0 amide bonds. The van der Waals surface area contributed by atoms with Crippen LogP contribution in [-0.2, 0) is 7.05 Å². The van der Waals surface area contributed by atoms with E-state index in [0.29, 0.717) is 17.4 Å². The van der Waals surface area contributed by atoms with Gasteiger partial charge in [-0.05, 0) is 62.1 Å². The van der Waals surface area contributed by atoms with Gasteiger partial charge >= 0.3 is 0 Å². The van der Waals surface area contributed by atoms with Crippen LogP contribution in [0.3, 0.4) is 0 Å². The van der Waals surface area contributed by atoms with Gasteiger partial charge in [0.15, 0.2) is 0 Å². The maximum atomic E-state index is 13.2. The Labute approximate surface area is 186 Å². The molecule has 1 saturated carbocycles. The number of aromatic nitrogens is 5. The summed E-state index contributed by atoms with van der Waals surface area (Å²) in [6, 6.07) is 9.90. The molecule has 0 spiro atoms. The second kappa shape index (κ2) is 8.22. The minimum absolute atomic E-state index is 0.0254. The zero-order valence-corrected chi connectivity index (χ0v) is 18.8. The highest BCUT2D eigenvalue weighted by molar-refractivity contribution is 5.85. The van der Waals surface area contributed by atoms with Gasteiger partial charge in [-0.15, -0.1) is 10.2 Å². The molecule has 0 bridgehead atoms. The number of H-pyrrole nitrogens is 1. The third-order valence-electron chi connectivity index (χ3n) is 6.53. The lowest BCUT2D eigenvalue weighted by Gasteiger charge is -2.18. The summed E-state index contributed by atoms with van der Waals surface area (Å²) >= 11 is 0. The third kappa shape index (κ3) is 3.79. The summed E-state index contributed by atoms with van der Waals surface area (Å²) in [4.78, 5) is 20.9. The summed E-state index contributed by atoms with van der Waals surface area (Å²) in [5.74, 6) is 2.07. The van der Waals surface area contributed by atoms with Crippen molar-refractivity contribution in [1.82, 2.24) is 24.7 Å². The molecule has 32 heavy (non-hydrogen) atoms. The van der Waals surface area contributed by atoms with Crippen molar-refractivity contribution >= 4 is 22.5 Å². The largest absolute Gasteiger partial charge is 0.324 e. The molecule has 0 saturated heterocycles. The van der Waals surface area contributed by atoms with E-state index in [1.54, 1.807) is 4.57 Å². The highest BCUT2D eigenvalue weighted by Gasteiger charge is 2.19. The van der Waals surface area contributed by atoms with Crippen molar-refractivity contribution in [1.29, 1.82) is 0 Å². The maximum absolute atomic E-state index is 13.2. The van der Waals surface area contributed by atoms with Crippen LogP contribution in [-0.4, -0.2) is 24.7 Å². The summed E-state index contributed by atoms with van der Waals surface area (Å²) in [6.45, 7) is 3.95. The van der Waals surface area contributed by atoms with Crippen LogP contribution < -0.4 is 10.9 Å². The van der Waals surface area contributed by atoms with Crippen molar-refractivity contribution in [3.63, 3.8) is 0 Å². The first kappa shape index (κ1) is 20.4. The quantitative estimate of drug-likeness (QED) is 0.471. The van der Waals surface area contributed by atoms with E-state index >= 15 is 0 Å². The van der Waals surface area contributed by atoms with Gasteiger partial charge in [0.05, 0.1) is 5.52 Å². The van der Waals surface area contributed by atoms with Gasteiger partial charge in [-0.2, -0.15) is 0 Å². The molecule has 3 heterocycles. The monoisotopic (exact) mass is 428 g/mol. The lowest BCUT2D eigenvalue weighted by molar-refractivity contribution is 0.429. The molecule has 1 aromatic carbocycles. The standard InChI is InChI=1S/C25H28N6O/c1-15-9-10-19(27-25-28-23(29-30-25)17-7-5-4-6-8-17)13-20(15)21-12-18-14-26-16(2)11-22(18)31(3)24(21)32/h9-14,17H,4-8H2,1-3H3,(H2,27,28,29,30). The topological polar surface area (TPSA) is 88.5 Å². The van der Waals surface area contributed by atoms with Crippen LogP contribution in [0.1, 0.15) is 55.1 Å². The molecule has 5 rings (SSSR count). The van der Waals surface area contributed by atoms with Crippen LogP contribution in [0, 0.1) is 13.8 Å². The summed E-state index contributed by atoms with van der Waals surface area (Å²) < 4.78 is 1.70. The third-order valence-corrected chi connectivity index (χ3v) is 6.53. The van der Waals surface area contributed by atoms with Gasteiger partial charge < -0.3 is 14.9 Å². The van der Waals surface area contributed by atoms with Gasteiger partial charge in [-0.25, -0.2) is 0 Å². The normalized spacial score (nSPS) is 14.7. The molecule has 7 heteroatoms. The van der Waals surface area contributed by atoms with Gasteiger partial charge in [0, 0.05) is 41.5 Å². The van der Waals surface area contributed by atoms with Crippen molar-refractivity contribution in [3.05, 3.63) is 64.0 Å². The van der Waals surface area contributed by atoms with Crippen LogP contribution in [0.4, 0.5) is 11.6 Å². The highest BCUT2D eigenvalue weighted by atomic mass is 16.1. The average molecular weight is 429 g/mol. The van der Waals surface area contributed by atoms with Crippen molar-refractivity contribution in [3.8, 4) is 11.1 Å². The highest BCUT2D eigenvalue weighted by Crippen LogP contribution is 2.32. The van der Waals surface area contributed by atoms with Crippen LogP contribution in [0.2, 0.25) is 0 Å². The Morgan fingerprint density at radius 2 is 1.84 bits per heavy atom. The first-order valence-corrected chi connectivity index (χ1v) is 11.3. The minimum Gasteiger partial charge on any atom is -0.324 e. The number of nitrogens with one attached hydrogen (secondary N) is 2. The van der Waals surface area contributed by atoms with Crippen LogP contribution in [0.15, 0.2) is 41.3 Å². The predicted molar refractivity (Wildman–Crippen MR) is 127 cm³/mol. The number of hydrogen-bond acceptors (Lipinski definition) is 5. The van der Waals surface area contributed by atoms with Gasteiger partial charge in [0.1, 0.15) is 5.82 Å². The van der Waals surface area contributed by atoms with E-state index in [1.807, 2.05) is 57.4 Å². The number of fused-ring (bicyclic) bond motifs is 1. The van der Waals surface area contributed by atoms with E-state index < -0.39 is 0 Å². The average Bonchev–Trinajstić information content (AvgIpc) is 3.27. The Morgan fingerprint density at radius 1 is 1.03 bits per heavy atom.